The van der Waals surface area contributed by atoms with E-state index in [-0.39, 0.29) is 12.6 Å². The van der Waals surface area contributed by atoms with Gasteiger partial charge in [0.2, 0.25) is 0 Å². The summed E-state index contributed by atoms with van der Waals surface area (Å²) in [6.45, 7) is 9.22. The number of hydrogen-bond donors (Lipinski definition) is 2. The summed E-state index contributed by atoms with van der Waals surface area (Å²) in [6.07, 6.45) is 6.49. The van der Waals surface area contributed by atoms with Gasteiger partial charge in [-0.25, -0.2) is 0 Å². The van der Waals surface area contributed by atoms with Gasteiger partial charge in [0.15, 0.2) is 0 Å². The largest absolute Gasteiger partial charge is 0.395 e. The first-order valence-electron chi connectivity index (χ1n) is 7.24. The number of rotatable bonds is 6. The lowest BCUT2D eigenvalue weighted by Crippen LogP contribution is -2.42. The monoisotopic (exact) mass is 242 g/mol. The van der Waals surface area contributed by atoms with E-state index < -0.39 is 0 Å². The lowest BCUT2D eigenvalue weighted by molar-refractivity contribution is 0.175. The Bertz CT molecular complexity index is 197. The van der Waals surface area contributed by atoms with E-state index in [1.807, 2.05) is 0 Å². The first-order chi connectivity index (χ1) is 8.13. The van der Waals surface area contributed by atoms with Gasteiger partial charge in [-0.05, 0) is 39.3 Å². The molecule has 0 amide bonds. The Hall–Kier alpha value is -0.120. The Morgan fingerprint density at radius 3 is 2.71 bits per heavy atom. The highest BCUT2D eigenvalue weighted by Gasteiger charge is 2.18. The highest BCUT2D eigenvalue weighted by atomic mass is 16.3. The summed E-state index contributed by atoms with van der Waals surface area (Å²) >= 11 is 0. The molecule has 1 heterocycles. The molecule has 1 fully saturated rings. The summed E-state index contributed by atoms with van der Waals surface area (Å²) in [5.41, 5.74) is 0. The molecular weight excluding hydrogens is 212 g/mol. The second-order valence-electron chi connectivity index (χ2n) is 5.72. The van der Waals surface area contributed by atoms with E-state index in [1.165, 1.54) is 32.2 Å². The quantitative estimate of drug-likeness (QED) is 0.748. The van der Waals surface area contributed by atoms with Crippen LogP contribution in [0.4, 0.5) is 0 Å². The van der Waals surface area contributed by atoms with Gasteiger partial charge in [-0.15, -0.1) is 0 Å². The van der Waals surface area contributed by atoms with Crippen molar-refractivity contribution in [2.75, 3.05) is 19.7 Å². The number of nitrogens with one attached hydrogen (secondary N) is 1. The maximum absolute atomic E-state index is 9.34. The number of likely N-dealkylation sites (tertiary alicyclic amines) is 1. The second kappa shape index (κ2) is 8.06. The van der Waals surface area contributed by atoms with Crippen LogP contribution in [0.1, 0.15) is 52.9 Å². The van der Waals surface area contributed by atoms with Crippen LogP contribution in [0.2, 0.25) is 0 Å². The van der Waals surface area contributed by atoms with Gasteiger partial charge in [0.05, 0.1) is 6.61 Å². The minimum atomic E-state index is 0.250. The van der Waals surface area contributed by atoms with Crippen LogP contribution in [0.25, 0.3) is 0 Å². The van der Waals surface area contributed by atoms with Crippen LogP contribution in [-0.4, -0.2) is 47.8 Å². The third-order valence-corrected chi connectivity index (χ3v) is 3.74. The lowest BCUT2D eigenvalue weighted by atomic mass is 10.1. The smallest absolute Gasteiger partial charge is 0.0585 e. The molecule has 3 nitrogen and oxygen atoms in total. The molecular formula is C14H30N2O. The zero-order chi connectivity index (χ0) is 12.7. The first kappa shape index (κ1) is 14.9. The summed E-state index contributed by atoms with van der Waals surface area (Å²) in [7, 11) is 0. The van der Waals surface area contributed by atoms with Gasteiger partial charge in [0.25, 0.3) is 0 Å². The lowest BCUT2D eigenvalue weighted by Gasteiger charge is -2.29. The molecule has 0 aromatic carbocycles. The molecule has 0 aromatic heterocycles. The van der Waals surface area contributed by atoms with Crippen LogP contribution in [-0.2, 0) is 0 Å². The standard InChI is InChI=1S/C14H30N2O/c1-12(2)15-14(11-17)8-10-16-9-6-4-5-7-13(16)3/h12-15,17H,4-11H2,1-3H3. The van der Waals surface area contributed by atoms with Crippen molar-refractivity contribution >= 4 is 0 Å². The predicted molar refractivity (Wildman–Crippen MR) is 73.3 cm³/mol. The van der Waals surface area contributed by atoms with E-state index in [4.69, 9.17) is 0 Å². The fourth-order valence-corrected chi connectivity index (χ4v) is 2.69. The molecule has 102 valence electrons. The average Bonchev–Trinajstić information content (AvgIpc) is 2.49. The fraction of sp³-hybridized carbons (Fsp3) is 1.00. The normalized spacial score (nSPS) is 24.9. The number of nitrogens with zero attached hydrogens (tertiary/aromatic N) is 1. The zero-order valence-electron chi connectivity index (χ0n) is 11.8. The Labute approximate surface area is 107 Å². The van der Waals surface area contributed by atoms with E-state index in [1.54, 1.807) is 0 Å². The van der Waals surface area contributed by atoms with Crippen molar-refractivity contribution in [3.05, 3.63) is 0 Å². The number of aliphatic hydroxyl groups excluding tert-OH is 1. The number of aliphatic hydroxyl groups is 1. The minimum absolute atomic E-state index is 0.250. The van der Waals surface area contributed by atoms with Crippen LogP contribution >= 0.6 is 0 Å². The molecule has 3 heteroatoms. The van der Waals surface area contributed by atoms with Crippen molar-refractivity contribution in [3.63, 3.8) is 0 Å². The van der Waals surface area contributed by atoms with Crippen LogP contribution in [0.3, 0.4) is 0 Å². The minimum Gasteiger partial charge on any atom is -0.395 e. The molecule has 0 aliphatic carbocycles. The summed E-state index contributed by atoms with van der Waals surface area (Å²) in [6, 6.07) is 1.43. The maximum atomic E-state index is 9.34. The second-order valence-corrected chi connectivity index (χ2v) is 5.72. The molecule has 0 saturated carbocycles. The molecule has 0 spiro atoms. The summed E-state index contributed by atoms with van der Waals surface area (Å²) in [4.78, 5) is 2.59. The Kier molecular flexibility index (Phi) is 7.09. The molecule has 2 N–H and O–H groups in total. The highest BCUT2D eigenvalue weighted by molar-refractivity contribution is 4.75. The topological polar surface area (TPSA) is 35.5 Å². The zero-order valence-corrected chi connectivity index (χ0v) is 11.8. The van der Waals surface area contributed by atoms with Crippen LogP contribution in [0.5, 0.6) is 0 Å². The molecule has 1 saturated heterocycles. The molecule has 0 radical (unpaired) electrons. The van der Waals surface area contributed by atoms with Crippen LogP contribution < -0.4 is 5.32 Å². The Morgan fingerprint density at radius 1 is 1.29 bits per heavy atom. The van der Waals surface area contributed by atoms with E-state index in [2.05, 4.69) is 31.0 Å². The Morgan fingerprint density at radius 2 is 2.06 bits per heavy atom. The molecule has 17 heavy (non-hydrogen) atoms. The predicted octanol–water partition coefficient (Wildman–Crippen LogP) is 2.00. The van der Waals surface area contributed by atoms with Crippen LogP contribution in [0, 0.1) is 0 Å². The van der Waals surface area contributed by atoms with Gasteiger partial charge in [-0.2, -0.15) is 0 Å². The number of hydrogen-bond acceptors (Lipinski definition) is 3. The van der Waals surface area contributed by atoms with Gasteiger partial charge in [0, 0.05) is 18.1 Å². The van der Waals surface area contributed by atoms with Crippen molar-refractivity contribution in [2.24, 2.45) is 0 Å². The van der Waals surface area contributed by atoms with Crippen molar-refractivity contribution in [2.45, 2.75) is 71.0 Å². The molecule has 0 aromatic rings. The highest BCUT2D eigenvalue weighted by Crippen LogP contribution is 2.16. The summed E-state index contributed by atoms with van der Waals surface area (Å²) < 4.78 is 0. The van der Waals surface area contributed by atoms with E-state index in [9.17, 15) is 5.11 Å². The van der Waals surface area contributed by atoms with Crippen molar-refractivity contribution in [1.82, 2.24) is 10.2 Å². The Balaban J connectivity index is 2.30. The third-order valence-electron chi connectivity index (χ3n) is 3.74. The summed E-state index contributed by atoms with van der Waals surface area (Å²) in [5.74, 6) is 0. The maximum Gasteiger partial charge on any atom is 0.0585 e. The van der Waals surface area contributed by atoms with Crippen LogP contribution in [0.15, 0.2) is 0 Å². The van der Waals surface area contributed by atoms with E-state index in [0.717, 1.165) is 19.0 Å². The van der Waals surface area contributed by atoms with Gasteiger partial charge in [-0.3, -0.25) is 0 Å². The van der Waals surface area contributed by atoms with E-state index >= 15 is 0 Å². The molecule has 1 aliphatic rings. The van der Waals surface area contributed by atoms with Gasteiger partial charge < -0.3 is 15.3 Å². The first-order valence-corrected chi connectivity index (χ1v) is 7.24. The molecule has 0 bridgehead atoms. The molecule has 1 rings (SSSR count). The van der Waals surface area contributed by atoms with Gasteiger partial charge in [-0.1, -0.05) is 26.7 Å². The average molecular weight is 242 g/mol. The van der Waals surface area contributed by atoms with Crippen molar-refractivity contribution < 1.29 is 5.11 Å². The van der Waals surface area contributed by atoms with E-state index in [0.29, 0.717) is 6.04 Å². The molecule has 2 unspecified atom stereocenters. The van der Waals surface area contributed by atoms with Crippen molar-refractivity contribution in [3.8, 4) is 0 Å². The molecule has 1 aliphatic heterocycles. The SMILES string of the molecule is CC(C)NC(CO)CCN1CCCCCC1C. The summed E-state index contributed by atoms with van der Waals surface area (Å²) in [5, 5.41) is 12.8. The van der Waals surface area contributed by atoms with Gasteiger partial charge >= 0.3 is 0 Å². The van der Waals surface area contributed by atoms with Gasteiger partial charge in [0.1, 0.15) is 0 Å². The fourth-order valence-electron chi connectivity index (χ4n) is 2.69. The third kappa shape index (κ3) is 5.84. The molecule has 2 atom stereocenters. The van der Waals surface area contributed by atoms with Crippen molar-refractivity contribution in [1.29, 1.82) is 0 Å².